The molecule has 3 N–H and O–H groups in total. The van der Waals surface area contributed by atoms with E-state index >= 15 is 0 Å². The average molecular weight is 420 g/mol. The number of nitrogens with zero attached hydrogens (tertiary/aromatic N) is 1. The van der Waals surface area contributed by atoms with Crippen LogP contribution >= 0.6 is 0 Å². The first-order valence-corrected chi connectivity index (χ1v) is 9.59. The number of hydrogen-bond donors (Lipinski definition) is 3. The summed E-state index contributed by atoms with van der Waals surface area (Å²) >= 11 is 0. The second-order valence-electron chi connectivity index (χ2n) is 6.68. The van der Waals surface area contributed by atoms with Crippen molar-refractivity contribution < 1.29 is 18.8 Å². The van der Waals surface area contributed by atoms with Crippen LogP contribution in [0, 0.1) is 12.7 Å². The number of aromatic nitrogens is 1. The van der Waals surface area contributed by atoms with Gasteiger partial charge in [-0.1, -0.05) is 24.3 Å². The van der Waals surface area contributed by atoms with E-state index in [1.54, 1.807) is 49.5 Å². The summed E-state index contributed by atoms with van der Waals surface area (Å²) in [5.74, 6) is -2.02. The molecule has 0 unspecified atom stereocenters. The van der Waals surface area contributed by atoms with Crippen LogP contribution in [-0.4, -0.2) is 35.8 Å². The largest absolute Gasteiger partial charge is 0.350 e. The quantitative estimate of drug-likeness (QED) is 0.512. The van der Waals surface area contributed by atoms with Gasteiger partial charge in [0.15, 0.2) is 0 Å². The summed E-state index contributed by atoms with van der Waals surface area (Å²) in [7, 11) is 0. The molecule has 0 atom stereocenters. The summed E-state index contributed by atoms with van der Waals surface area (Å²) < 4.78 is 13.9. The van der Waals surface area contributed by atoms with Gasteiger partial charge in [-0.25, -0.2) is 4.39 Å². The number of carbonyl (C=O) groups excluding carboxylic acids is 3. The van der Waals surface area contributed by atoms with Crippen molar-refractivity contribution in [2.24, 2.45) is 0 Å². The molecular weight excluding hydrogens is 399 g/mol. The highest BCUT2D eigenvalue weighted by Gasteiger charge is 2.18. The molecule has 0 saturated heterocycles. The van der Waals surface area contributed by atoms with Crippen molar-refractivity contribution in [1.82, 2.24) is 15.6 Å². The molecule has 31 heavy (non-hydrogen) atoms. The molecule has 3 aromatic rings. The Kier molecular flexibility index (Phi) is 7.05. The molecule has 0 bridgehead atoms. The Morgan fingerprint density at radius 1 is 0.839 bits per heavy atom. The molecule has 2 aromatic carbocycles. The summed E-state index contributed by atoms with van der Waals surface area (Å²) in [4.78, 5) is 41.0. The molecule has 0 fully saturated rings. The van der Waals surface area contributed by atoms with Crippen molar-refractivity contribution >= 4 is 23.4 Å². The van der Waals surface area contributed by atoms with Crippen LogP contribution in [0.5, 0.6) is 0 Å². The van der Waals surface area contributed by atoms with Gasteiger partial charge < -0.3 is 16.0 Å². The number of pyridine rings is 1. The Morgan fingerprint density at radius 3 is 2.26 bits per heavy atom. The predicted octanol–water partition coefficient (Wildman–Crippen LogP) is 2.94. The second kappa shape index (κ2) is 10.1. The van der Waals surface area contributed by atoms with Crippen molar-refractivity contribution in [1.29, 1.82) is 0 Å². The smallest absolute Gasteiger partial charge is 0.258 e. The van der Waals surface area contributed by atoms with E-state index in [2.05, 4.69) is 20.9 Å². The number of carbonyl (C=O) groups is 3. The van der Waals surface area contributed by atoms with E-state index < -0.39 is 17.6 Å². The molecule has 7 nitrogen and oxygen atoms in total. The van der Waals surface area contributed by atoms with Gasteiger partial charge in [-0.3, -0.25) is 19.4 Å². The standard InChI is InChI=1S/C23H21FN4O3/c1-15-6-4-9-18(20(15)28-23(31)17-8-2-3-10-19(17)24)22(30)27-13-12-26-21(29)16-7-5-11-25-14-16/h2-11,14H,12-13H2,1H3,(H,26,29)(H,27,30)(H,28,31). The fourth-order valence-corrected chi connectivity index (χ4v) is 2.90. The summed E-state index contributed by atoms with van der Waals surface area (Å²) in [6.07, 6.45) is 3.02. The molecule has 1 aromatic heterocycles. The first kappa shape index (κ1) is 21.6. The van der Waals surface area contributed by atoms with Gasteiger partial charge in [0.25, 0.3) is 17.7 Å². The summed E-state index contributed by atoms with van der Waals surface area (Å²) in [5, 5.41) is 8.02. The maximum atomic E-state index is 13.9. The lowest BCUT2D eigenvalue weighted by atomic mass is 10.1. The van der Waals surface area contributed by atoms with E-state index in [9.17, 15) is 18.8 Å². The van der Waals surface area contributed by atoms with Gasteiger partial charge in [-0.2, -0.15) is 0 Å². The lowest BCUT2D eigenvalue weighted by Gasteiger charge is -2.14. The number of amides is 3. The topological polar surface area (TPSA) is 100 Å². The van der Waals surface area contributed by atoms with Gasteiger partial charge in [0, 0.05) is 25.5 Å². The minimum Gasteiger partial charge on any atom is -0.350 e. The van der Waals surface area contributed by atoms with Gasteiger partial charge in [0.1, 0.15) is 5.82 Å². The zero-order valence-corrected chi connectivity index (χ0v) is 16.8. The van der Waals surface area contributed by atoms with Crippen LogP contribution in [0.1, 0.15) is 36.6 Å². The van der Waals surface area contributed by atoms with Crippen LogP contribution in [0.4, 0.5) is 10.1 Å². The van der Waals surface area contributed by atoms with E-state index in [0.717, 1.165) is 0 Å². The molecule has 3 amide bonds. The number of nitrogens with one attached hydrogen (secondary N) is 3. The van der Waals surface area contributed by atoms with Crippen LogP contribution in [0.3, 0.4) is 0 Å². The van der Waals surface area contributed by atoms with Crippen molar-refractivity contribution in [3.63, 3.8) is 0 Å². The van der Waals surface area contributed by atoms with E-state index in [-0.39, 0.29) is 30.1 Å². The molecule has 0 aliphatic rings. The molecule has 0 spiro atoms. The number of para-hydroxylation sites is 1. The number of hydrogen-bond acceptors (Lipinski definition) is 4. The number of benzene rings is 2. The Labute approximate surface area is 178 Å². The van der Waals surface area contributed by atoms with Crippen LogP contribution < -0.4 is 16.0 Å². The summed E-state index contributed by atoms with van der Waals surface area (Å²) in [6, 6.07) is 13.9. The SMILES string of the molecule is Cc1cccc(C(=O)NCCNC(=O)c2cccnc2)c1NC(=O)c1ccccc1F. The molecule has 158 valence electrons. The highest BCUT2D eigenvalue weighted by Crippen LogP contribution is 2.22. The average Bonchev–Trinajstić information content (AvgIpc) is 2.78. The molecular formula is C23H21FN4O3. The number of rotatable bonds is 7. The van der Waals surface area contributed by atoms with E-state index in [4.69, 9.17) is 0 Å². The monoisotopic (exact) mass is 420 g/mol. The second-order valence-corrected chi connectivity index (χ2v) is 6.68. The van der Waals surface area contributed by atoms with E-state index in [1.165, 1.54) is 24.4 Å². The molecule has 0 aliphatic heterocycles. The summed E-state index contributed by atoms with van der Waals surface area (Å²) in [6.45, 7) is 2.13. The zero-order chi connectivity index (χ0) is 22.2. The highest BCUT2D eigenvalue weighted by atomic mass is 19.1. The van der Waals surface area contributed by atoms with Crippen LogP contribution in [0.25, 0.3) is 0 Å². The molecule has 8 heteroatoms. The van der Waals surface area contributed by atoms with E-state index in [0.29, 0.717) is 16.8 Å². The molecule has 0 aliphatic carbocycles. The highest BCUT2D eigenvalue weighted by molar-refractivity contribution is 6.09. The number of aryl methyl sites for hydroxylation is 1. The van der Waals surface area contributed by atoms with Crippen LogP contribution in [0.2, 0.25) is 0 Å². The third-order valence-electron chi connectivity index (χ3n) is 4.49. The third kappa shape index (κ3) is 5.51. The van der Waals surface area contributed by atoms with Gasteiger partial charge in [-0.05, 0) is 42.8 Å². The maximum absolute atomic E-state index is 13.9. The van der Waals surface area contributed by atoms with Crippen molar-refractivity contribution in [3.8, 4) is 0 Å². The minimum atomic E-state index is -0.649. The van der Waals surface area contributed by atoms with Crippen molar-refractivity contribution in [2.45, 2.75) is 6.92 Å². The maximum Gasteiger partial charge on any atom is 0.258 e. The third-order valence-corrected chi connectivity index (χ3v) is 4.49. The number of anilines is 1. The van der Waals surface area contributed by atoms with Crippen LogP contribution in [0.15, 0.2) is 67.0 Å². The first-order valence-electron chi connectivity index (χ1n) is 9.59. The molecule has 0 radical (unpaired) electrons. The first-order chi connectivity index (χ1) is 15.0. The Hall–Kier alpha value is -4.07. The Bertz CT molecular complexity index is 1100. The molecule has 3 rings (SSSR count). The van der Waals surface area contributed by atoms with Crippen LogP contribution in [-0.2, 0) is 0 Å². The van der Waals surface area contributed by atoms with Gasteiger partial charge in [0.2, 0.25) is 0 Å². The Balaban J connectivity index is 1.62. The lowest BCUT2D eigenvalue weighted by molar-refractivity contribution is 0.0927. The zero-order valence-electron chi connectivity index (χ0n) is 16.8. The number of halogens is 1. The lowest BCUT2D eigenvalue weighted by Crippen LogP contribution is -2.35. The fourth-order valence-electron chi connectivity index (χ4n) is 2.90. The minimum absolute atomic E-state index is 0.116. The normalized spacial score (nSPS) is 10.3. The van der Waals surface area contributed by atoms with Gasteiger partial charge in [-0.15, -0.1) is 0 Å². The molecule has 1 heterocycles. The Morgan fingerprint density at radius 2 is 1.55 bits per heavy atom. The fraction of sp³-hybridized carbons (Fsp3) is 0.130. The van der Waals surface area contributed by atoms with Gasteiger partial charge in [0.05, 0.1) is 22.4 Å². The summed E-state index contributed by atoms with van der Waals surface area (Å²) in [5.41, 5.74) is 1.50. The predicted molar refractivity (Wildman–Crippen MR) is 114 cm³/mol. The molecule has 0 saturated carbocycles. The van der Waals surface area contributed by atoms with Crippen molar-refractivity contribution in [3.05, 3.63) is 95.1 Å². The van der Waals surface area contributed by atoms with Crippen molar-refractivity contribution in [2.75, 3.05) is 18.4 Å². The van der Waals surface area contributed by atoms with E-state index in [1.807, 2.05) is 0 Å². The van der Waals surface area contributed by atoms with Gasteiger partial charge >= 0.3 is 0 Å².